The Morgan fingerprint density at radius 2 is 2.06 bits per heavy atom. The summed E-state index contributed by atoms with van der Waals surface area (Å²) in [5, 5.41) is 10.5. The number of methoxy groups -OCH3 is 1. The molecule has 1 unspecified atom stereocenters. The van der Waals surface area contributed by atoms with E-state index in [2.05, 4.69) is 11.9 Å². The second-order valence-corrected chi connectivity index (χ2v) is 4.36. The van der Waals surface area contributed by atoms with Crippen LogP contribution in [0.3, 0.4) is 0 Å². The SMILES string of the molecule is CCCn1ccnc1C(O)C(CC)(CC)OC. The predicted octanol–water partition coefficient (Wildman–Crippen LogP) is 2.53. The largest absolute Gasteiger partial charge is 0.382 e. The number of hydrogen-bond donors (Lipinski definition) is 1. The summed E-state index contributed by atoms with van der Waals surface area (Å²) < 4.78 is 7.56. The Kier molecular flexibility index (Phi) is 5.15. The fourth-order valence-corrected chi connectivity index (χ4v) is 2.27. The van der Waals surface area contributed by atoms with Crippen LogP contribution in [-0.2, 0) is 11.3 Å². The normalized spacial score (nSPS) is 13.9. The van der Waals surface area contributed by atoms with Crippen molar-refractivity contribution in [1.29, 1.82) is 0 Å². The number of aromatic nitrogens is 2. The van der Waals surface area contributed by atoms with Crippen LogP contribution in [0, 0.1) is 0 Å². The molecule has 0 fully saturated rings. The van der Waals surface area contributed by atoms with E-state index in [0.717, 1.165) is 25.8 Å². The lowest BCUT2D eigenvalue weighted by molar-refractivity contribution is -0.114. The van der Waals surface area contributed by atoms with Crippen molar-refractivity contribution in [3.05, 3.63) is 18.2 Å². The minimum Gasteiger partial charge on any atom is -0.382 e. The van der Waals surface area contributed by atoms with Crippen molar-refractivity contribution in [2.75, 3.05) is 7.11 Å². The number of ether oxygens (including phenoxy) is 1. The Morgan fingerprint density at radius 3 is 2.53 bits per heavy atom. The Morgan fingerprint density at radius 1 is 1.41 bits per heavy atom. The lowest BCUT2D eigenvalue weighted by Gasteiger charge is -2.34. The first-order valence-corrected chi connectivity index (χ1v) is 6.39. The van der Waals surface area contributed by atoms with Crippen molar-refractivity contribution < 1.29 is 9.84 Å². The average Bonchev–Trinajstić information content (AvgIpc) is 2.80. The van der Waals surface area contributed by atoms with Gasteiger partial charge in [0.05, 0.1) is 0 Å². The van der Waals surface area contributed by atoms with Crippen molar-refractivity contribution in [1.82, 2.24) is 9.55 Å². The van der Waals surface area contributed by atoms with Gasteiger partial charge in [-0.15, -0.1) is 0 Å². The molecule has 0 aliphatic carbocycles. The van der Waals surface area contributed by atoms with Gasteiger partial charge in [0.25, 0.3) is 0 Å². The minimum atomic E-state index is -0.677. The summed E-state index contributed by atoms with van der Waals surface area (Å²) in [6, 6.07) is 0. The highest BCUT2D eigenvalue weighted by atomic mass is 16.5. The van der Waals surface area contributed by atoms with E-state index in [-0.39, 0.29) is 0 Å². The van der Waals surface area contributed by atoms with Crippen LogP contribution >= 0.6 is 0 Å². The summed E-state index contributed by atoms with van der Waals surface area (Å²) >= 11 is 0. The van der Waals surface area contributed by atoms with Gasteiger partial charge >= 0.3 is 0 Å². The zero-order valence-electron chi connectivity index (χ0n) is 11.3. The van der Waals surface area contributed by atoms with Crippen LogP contribution in [0.1, 0.15) is 52.0 Å². The van der Waals surface area contributed by atoms with Gasteiger partial charge in [-0.3, -0.25) is 0 Å². The molecule has 1 heterocycles. The molecule has 17 heavy (non-hydrogen) atoms. The molecule has 1 aromatic rings. The quantitative estimate of drug-likeness (QED) is 0.796. The first-order chi connectivity index (χ1) is 8.15. The van der Waals surface area contributed by atoms with Gasteiger partial charge < -0.3 is 14.4 Å². The second-order valence-electron chi connectivity index (χ2n) is 4.36. The monoisotopic (exact) mass is 240 g/mol. The fourth-order valence-electron chi connectivity index (χ4n) is 2.27. The average molecular weight is 240 g/mol. The second kappa shape index (κ2) is 6.17. The minimum absolute atomic E-state index is 0.531. The van der Waals surface area contributed by atoms with Gasteiger partial charge in [-0.2, -0.15) is 0 Å². The van der Waals surface area contributed by atoms with E-state index in [9.17, 15) is 5.11 Å². The van der Waals surface area contributed by atoms with E-state index >= 15 is 0 Å². The molecule has 0 saturated heterocycles. The first kappa shape index (κ1) is 14.2. The lowest BCUT2D eigenvalue weighted by Crippen LogP contribution is -2.38. The Bertz CT molecular complexity index is 324. The Hall–Kier alpha value is -0.870. The zero-order valence-corrected chi connectivity index (χ0v) is 11.3. The van der Waals surface area contributed by atoms with Gasteiger partial charge in [0, 0.05) is 26.0 Å². The topological polar surface area (TPSA) is 47.3 Å². The third-order valence-electron chi connectivity index (χ3n) is 3.56. The van der Waals surface area contributed by atoms with Crippen LogP contribution in [0.5, 0.6) is 0 Å². The van der Waals surface area contributed by atoms with Gasteiger partial charge in [0.15, 0.2) is 0 Å². The maximum Gasteiger partial charge on any atom is 0.141 e. The summed E-state index contributed by atoms with van der Waals surface area (Å²) in [5.41, 5.74) is -0.531. The number of aliphatic hydroxyl groups excluding tert-OH is 1. The van der Waals surface area contributed by atoms with E-state index in [1.165, 1.54) is 0 Å². The van der Waals surface area contributed by atoms with Crippen LogP contribution < -0.4 is 0 Å². The molecule has 0 aliphatic heterocycles. The predicted molar refractivity (Wildman–Crippen MR) is 67.8 cm³/mol. The van der Waals surface area contributed by atoms with E-state index in [1.807, 2.05) is 24.6 Å². The van der Waals surface area contributed by atoms with E-state index in [4.69, 9.17) is 4.74 Å². The van der Waals surface area contributed by atoms with E-state index in [1.54, 1.807) is 13.3 Å². The molecule has 0 amide bonds. The summed E-state index contributed by atoms with van der Waals surface area (Å²) in [4.78, 5) is 4.28. The molecule has 1 aromatic heterocycles. The number of hydrogen-bond acceptors (Lipinski definition) is 3. The van der Waals surface area contributed by atoms with Gasteiger partial charge in [-0.25, -0.2) is 4.98 Å². The number of rotatable bonds is 7. The van der Waals surface area contributed by atoms with Crippen molar-refractivity contribution in [3.63, 3.8) is 0 Å². The molecule has 1 atom stereocenters. The molecule has 0 spiro atoms. The van der Waals surface area contributed by atoms with Crippen molar-refractivity contribution >= 4 is 0 Å². The number of aryl methyl sites for hydroxylation is 1. The number of aliphatic hydroxyl groups is 1. The molecule has 0 aromatic carbocycles. The molecule has 0 radical (unpaired) electrons. The van der Waals surface area contributed by atoms with Gasteiger partial charge in [0.2, 0.25) is 0 Å². The molecular weight excluding hydrogens is 216 g/mol. The molecule has 0 saturated carbocycles. The molecule has 98 valence electrons. The Labute approximate surface area is 104 Å². The third-order valence-corrected chi connectivity index (χ3v) is 3.56. The van der Waals surface area contributed by atoms with Crippen LogP contribution in [0.25, 0.3) is 0 Å². The van der Waals surface area contributed by atoms with Crippen LogP contribution in [-0.4, -0.2) is 27.4 Å². The summed E-state index contributed by atoms with van der Waals surface area (Å²) in [6.45, 7) is 7.05. The van der Waals surface area contributed by atoms with Crippen LogP contribution in [0.15, 0.2) is 12.4 Å². The summed E-state index contributed by atoms with van der Waals surface area (Å²) in [5.74, 6) is 0.706. The highest BCUT2D eigenvalue weighted by molar-refractivity contribution is 5.04. The Balaban J connectivity index is 3.00. The highest BCUT2D eigenvalue weighted by Gasteiger charge is 2.38. The fraction of sp³-hybridized carbons (Fsp3) is 0.769. The smallest absolute Gasteiger partial charge is 0.141 e. The number of imidazole rings is 1. The van der Waals surface area contributed by atoms with Crippen LogP contribution in [0.2, 0.25) is 0 Å². The molecule has 1 rings (SSSR count). The van der Waals surface area contributed by atoms with Gasteiger partial charge in [-0.05, 0) is 19.3 Å². The molecular formula is C13H24N2O2. The van der Waals surface area contributed by atoms with Crippen molar-refractivity contribution in [3.8, 4) is 0 Å². The lowest BCUT2D eigenvalue weighted by atomic mass is 9.89. The van der Waals surface area contributed by atoms with E-state index < -0.39 is 11.7 Å². The molecule has 0 aliphatic rings. The molecule has 4 nitrogen and oxygen atoms in total. The van der Waals surface area contributed by atoms with Crippen molar-refractivity contribution in [2.24, 2.45) is 0 Å². The van der Waals surface area contributed by atoms with Gasteiger partial charge in [-0.1, -0.05) is 20.8 Å². The summed E-state index contributed by atoms with van der Waals surface area (Å²) in [6.07, 6.45) is 5.52. The standard InChI is InChI=1S/C13H24N2O2/c1-5-9-15-10-8-14-12(15)11(16)13(6-2,7-3)17-4/h8,10-11,16H,5-7,9H2,1-4H3. The molecule has 0 bridgehead atoms. The molecule has 4 heteroatoms. The maximum atomic E-state index is 10.5. The maximum absolute atomic E-state index is 10.5. The van der Waals surface area contributed by atoms with Crippen molar-refractivity contribution in [2.45, 2.75) is 58.3 Å². The third kappa shape index (κ3) is 2.69. The van der Waals surface area contributed by atoms with E-state index in [0.29, 0.717) is 5.82 Å². The van der Waals surface area contributed by atoms with Gasteiger partial charge in [0.1, 0.15) is 17.5 Å². The molecule has 1 N–H and O–H groups in total. The summed E-state index contributed by atoms with van der Waals surface area (Å²) in [7, 11) is 1.66. The first-order valence-electron chi connectivity index (χ1n) is 6.39. The van der Waals surface area contributed by atoms with Crippen LogP contribution in [0.4, 0.5) is 0 Å². The highest BCUT2D eigenvalue weighted by Crippen LogP contribution is 2.34. The zero-order chi connectivity index (χ0) is 12.9. The number of nitrogens with zero attached hydrogens (tertiary/aromatic N) is 2.